The number of aryl methyl sites for hydroxylation is 1. The van der Waals surface area contributed by atoms with Gasteiger partial charge in [0.25, 0.3) is 0 Å². The van der Waals surface area contributed by atoms with Gasteiger partial charge in [0.1, 0.15) is 36.1 Å². The van der Waals surface area contributed by atoms with Crippen LogP contribution in [0.3, 0.4) is 0 Å². The highest BCUT2D eigenvalue weighted by Crippen LogP contribution is 2.26. The van der Waals surface area contributed by atoms with Gasteiger partial charge < -0.3 is 24.6 Å². The molecule has 7 heteroatoms. The van der Waals surface area contributed by atoms with E-state index >= 15 is 0 Å². The minimum absolute atomic E-state index is 0.0580. The van der Waals surface area contributed by atoms with Crippen LogP contribution < -0.4 is 19.5 Å². The Bertz CT molecular complexity index is 873. The van der Waals surface area contributed by atoms with Crippen molar-refractivity contribution in [3.63, 3.8) is 0 Å². The lowest BCUT2D eigenvalue weighted by Gasteiger charge is -2.21. The Morgan fingerprint density at radius 3 is 2.90 bits per heavy atom. The van der Waals surface area contributed by atoms with Gasteiger partial charge in [-0.2, -0.15) is 0 Å². The number of nitrogens with zero attached hydrogens (tertiary/aromatic N) is 1. The summed E-state index contributed by atoms with van der Waals surface area (Å²) in [5, 5.41) is 12.9. The third-order valence-electron chi connectivity index (χ3n) is 5.13. The molecule has 1 amide bonds. The molecule has 0 aromatic heterocycles. The van der Waals surface area contributed by atoms with Crippen LogP contribution in [-0.4, -0.2) is 61.5 Å². The number of aliphatic hydroxyl groups excluding tert-OH is 1. The summed E-state index contributed by atoms with van der Waals surface area (Å²) in [6, 6.07) is 13.4. The van der Waals surface area contributed by atoms with E-state index in [0.29, 0.717) is 24.5 Å². The van der Waals surface area contributed by atoms with Gasteiger partial charge in [0, 0.05) is 44.2 Å². The fraction of sp³-hybridized carbons (Fsp3) is 0.458. The predicted octanol–water partition coefficient (Wildman–Crippen LogP) is 2.53. The van der Waals surface area contributed by atoms with Crippen LogP contribution in [0.15, 0.2) is 42.5 Å². The highest BCUT2D eigenvalue weighted by atomic mass is 16.5. The topological polar surface area (TPSA) is 80.3 Å². The number of carbonyl (C=O) groups excluding carboxylic acids is 1. The molecular formula is C24H32N2O5. The summed E-state index contributed by atoms with van der Waals surface area (Å²) in [6.07, 6.45) is -0.378. The Balaban J connectivity index is 1.40. The second-order valence-corrected chi connectivity index (χ2v) is 7.97. The first-order valence-corrected chi connectivity index (χ1v) is 10.6. The molecule has 3 rings (SSSR count). The monoisotopic (exact) mass is 428 g/mol. The highest BCUT2D eigenvalue weighted by Gasteiger charge is 2.20. The van der Waals surface area contributed by atoms with Crippen molar-refractivity contribution in [1.29, 1.82) is 0 Å². The lowest BCUT2D eigenvalue weighted by molar-refractivity contribution is -0.122. The molecule has 7 nitrogen and oxygen atoms in total. The van der Waals surface area contributed by atoms with Gasteiger partial charge in [-0.05, 0) is 32.0 Å². The van der Waals surface area contributed by atoms with E-state index in [9.17, 15) is 9.90 Å². The van der Waals surface area contributed by atoms with Gasteiger partial charge in [-0.3, -0.25) is 9.69 Å². The molecule has 0 aliphatic carbocycles. The van der Waals surface area contributed by atoms with Crippen LogP contribution in [0, 0.1) is 6.92 Å². The molecule has 168 valence electrons. The van der Waals surface area contributed by atoms with E-state index in [2.05, 4.69) is 29.3 Å². The van der Waals surface area contributed by atoms with Crippen molar-refractivity contribution in [1.82, 2.24) is 10.2 Å². The molecule has 0 radical (unpaired) electrons. The van der Waals surface area contributed by atoms with E-state index in [-0.39, 0.29) is 25.2 Å². The van der Waals surface area contributed by atoms with E-state index in [4.69, 9.17) is 14.2 Å². The number of benzene rings is 2. The van der Waals surface area contributed by atoms with Crippen molar-refractivity contribution < 1.29 is 24.1 Å². The maximum atomic E-state index is 12.3. The van der Waals surface area contributed by atoms with Crippen molar-refractivity contribution in [2.75, 3.05) is 33.4 Å². The zero-order chi connectivity index (χ0) is 22.2. The summed E-state index contributed by atoms with van der Waals surface area (Å²) in [5.74, 6) is 2.12. The number of methoxy groups -OCH3 is 1. The number of aliphatic hydroxyl groups is 1. The lowest BCUT2D eigenvalue weighted by atomic mass is 10.1. The maximum absolute atomic E-state index is 12.3. The van der Waals surface area contributed by atoms with Crippen molar-refractivity contribution in [3.05, 3.63) is 53.6 Å². The summed E-state index contributed by atoms with van der Waals surface area (Å²) in [4.78, 5) is 14.5. The van der Waals surface area contributed by atoms with Gasteiger partial charge in [-0.25, -0.2) is 0 Å². The molecule has 0 bridgehead atoms. The van der Waals surface area contributed by atoms with E-state index in [1.807, 2.05) is 25.1 Å². The van der Waals surface area contributed by atoms with E-state index < -0.39 is 6.10 Å². The molecule has 1 aliphatic rings. The number of hydrogen-bond acceptors (Lipinski definition) is 6. The standard InChI is InChI=1S/C24H32N2O5/c1-17-7-8-23-19(11-17)15-26(14-18(2)31-23)10-9-24(28)25-13-20(27)16-30-22-6-4-5-21(12-22)29-3/h4-8,11-12,18,20,27H,9-10,13-16H2,1-3H3,(H,25,28)/t18-,20+/m0/s1. The number of ether oxygens (including phenoxy) is 3. The molecule has 31 heavy (non-hydrogen) atoms. The third-order valence-corrected chi connectivity index (χ3v) is 5.13. The van der Waals surface area contributed by atoms with Gasteiger partial charge in [-0.15, -0.1) is 0 Å². The lowest BCUT2D eigenvalue weighted by Crippen LogP contribution is -2.38. The molecule has 0 spiro atoms. The fourth-order valence-corrected chi connectivity index (χ4v) is 3.56. The summed E-state index contributed by atoms with van der Waals surface area (Å²) in [6.45, 7) is 6.48. The Hall–Kier alpha value is -2.77. The Labute approximate surface area is 183 Å². The summed E-state index contributed by atoms with van der Waals surface area (Å²) in [7, 11) is 1.59. The van der Waals surface area contributed by atoms with Gasteiger partial charge in [-0.1, -0.05) is 23.8 Å². The normalized spacial score (nSPS) is 17.1. The molecule has 2 aromatic carbocycles. The smallest absolute Gasteiger partial charge is 0.221 e. The molecule has 0 saturated heterocycles. The zero-order valence-electron chi connectivity index (χ0n) is 18.5. The maximum Gasteiger partial charge on any atom is 0.221 e. The molecule has 2 N–H and O–H groups in total. The van der Waals surface area contributed by atoms with Crippen LogP contribution in [0.5, 0.6) is 17.2 Å². The molecule has 1 aliphatic heterocycles. The summed E-state index contributed by atoms with van der Waals surface area (Å²) >= 11 is 0. The van der Waals surface area contributed by atoms with E-state index in [0.717, 1.165) is 24.4 Å². The van der Waals surface area contributed by atoms with Crippen molar-refractivity contribution in [3.8, 4) is 17.2 Å². The first-order chi connectivity index (χ1) is 14.9. The van der Waals surface area contributed by atoms with Crippen LogP contribution in [-0.2, 0) is 11.3 Å². The quantitative estimate of drug-likeness (QED) is 0.639. The minimum atomic E-state index is -0.795. The second-order valence-electron chi connectivity index (χ2n) is 7.97. The molecule has 2 atom stereocenters. The van der Waals surface area contributed by atoms with Crippen LogP contribution >= 0.6 is 0 Å². The van der Waals surface area contributed by atoms with Crippen LogP contribution in [0.25, 0.3) is 0 Å². The van der Waals surface area contributed by atoms with E-state index in [1.165, 1.54) is 5.56 Å². The Kier molecular flexibility index (Phi) is 8.14. The van der Waals surface area contributed by atoms with Crippen LogP contribution in [0.4, 0.5) is 0 Å². The SMILES string of the molecule is COc1cccc(OC[C@H](O)CNC(=O)CCN2Cc3cc(C)ccc3O[C@@H](C)C2)c1. The Morgan fingerprint density at radius 1 is 1.29 bits per heavy atom. The number of carbonyl (C=O) groups is 1. The summed E-state index contributed by atoms with van der Waals surface area (Å²) in [5.41, 5.74) is 2.34. The predicted molar refractivity (Wildman–Crippen MR) is 119 cm³/mol. The van der Waals surface area contributed by atoms with Crippen molar-refractivity contribution in [2.45, 2.75) is 39.0 Å². The number of fused-ring (bicyclic) bond motifs is 1. The van der Waals surface area contributed by atoms with Crippen molar-refractivity contribution in [2.24, 2.45) is 0 Å². The van der Waals surface area contributed by atoms with Crippen LogP contribution in [0.1, 0.15) is 24.5 Å². The summed E-state index contributed by atoms with van der Waals surface area (Å²) < 4.78 is 16.7. The van der Waals surface area contributed by atoms with E-state index in [1.54, 1.807) is 19.2 Å². The number of rotatable bonds is 9. The highest BCUT2D eigenvalue weighted by molar-refractivity contribution is 5.76. The Morgan fingerprint density at radius 2 is 2.10 bits per heavy atom. The molecule has 0 fully saturated rings. The molecular weight excluding hydrogens is 396 g/mol. The van der Waals surface area contributed by atoms with Crippen molar-refractivity contribution >= 4 is 5.91 Å². The number of hydrogen-bond donors (Lipinski definition) is 2. The second kappa shape index (κ2) is 11.0. The number of nitrogens with one attached hydrogen (secondary N) is 1. The van der Waals surface area contributed by atoms with Crippen LogP contribution in [0.2, 0.25) is 0 Å². The molecule has 0 saturated carbocycles. The third kappa shape index (κ3) is 7.15. The largest absolute Gasteiger partial charge is 0.497 e. The molecule has 0 unspecified atom stereocenters. The molecule has 2 aromatic rings. The van der Waals surface area contributed by atoms with Gasteiger partial charge in [0.2, 0.25) is 5.91 Å². The van der Waals surface area contributed by atoms with Gasteiger partial charge in [0.15, 0.2) is 0 Å². The first-order valence-electron chi connectivity index (χ1n) is 10.6. The zero-order valence-corrected chi connectivity index (χ0v) is 18.5. The average molecular weight is 429 g/mol. The average Bonchev–Trinajstić information content (AvgIpc) is 2.92. The number of amides is 1. The first kappa shape index (κ1) is 22.9. The molecule has 1 heterocycles. The minimum Gasteiger partial charge on any atom is -0.497 e. The van der Waals surface area contributed by atoms with Gasteiger partial charge >= 0.3 is 0 Å². The fourth-order valence-electron chi connectivity index (χ4n) is 3.56. The van der Waals surface area contributed by atoms with Gasteiger partial charge in [0.05, 0.1) is 7.11 Å².